The molecule has 0 aliphatic rings. The van der Waals surface area contributed by atoms with E-state index in [1.807, 2.05) is 6.92 Å². The number of nitrogens with two attached hydrogens (primary N) is 1. The zero-order valence-electron chi connectivity index (χ0n) is 9.59. The fraction of sp³-hybridized carbons (Fsp3) is 0.200. The van der Waals surface area contributed by atoms with Gasteiger partial charge in [-0.3, -0.25) is 4.79 Å². The molecule has 8 heteroatoms. The van der Waals surface area contributed by atoms with Crippen LogP contribution in [0.3, 0.4) is 0 Å². The van der Waals surface area contributed by atoms with Gasteiger partial charge in [0.2, 0.25) is 11.9 Å². The average molecular weight is 267 g/mol. The molecule has 0 fully saturated rings. The van der Waals surface area contributed by atoms with E-state index in [1.165, 1.54) is 17.2 Å². The molecule has 2 aromatic rings. The van der Waals surface area contributed by atoms with Crippen molar-refractivity contribution in [2.75, 3.05) is 11.1 Å². The second-order valence-corrected chi connectivity index (χ2v) is 4.06. The fourth-order valence-electron chi connectivity index (χ4n) is 1.37. The number of amides is 1. The molecule has 2 aromatic heterocycles. The average Bonchev–Trinajstić information content (AvgIpc) is 2.68. The van der Waals surface area contributed by atoms with E-state index in [0.29, 0.717) is 10.8 Å². The SMILES string of the molecule is Cc1cc(Cl)ncc1NC(=O)Cn1cnc(N)n1. The predicted molar refractivity (Wildman–Crippen MR) is 67.0 cm³/mol. The quantitative estimate of drug-likeness (QED) is 0.803. The van der Waals surface area contributed by atoms with Crippen LogP contribution < -0.4 is 11.1 Å². The molecule has 0 aliphatic carbocycles. The van der Waals surface area contributed by atoms with Crippen LogP contribution in [-0.2, 0) is 11.3 Å². The van der Waals surface area contributed by atoms with Gasteiger partial charge >= 0.3 is 0 Å². The Hall–Kier alpha value is -2.15. The van der Waals surface area contributed by atoms with Crippen molar-refractivity contribution in [1.29, 1.82) is 0 Å². The molecule has 0 atom stereocenters. The molecule has 7 nitrogen and oxygen atoms in total. The van der Waals surface area contributed by atoms with E-state index < -0.39 is 0 Å². The minimum Gasteiger partial charge on any atom is -0.367 e. The third-order valence-electron chi connectivity index (χ3n) is 2.21. The molecule has 3 N–H and O–H groups in total. The molecule has 0 radical (unpaired) electrons. The number of nitrogen functional groups attached to an aromatic ring is 1. The van der Waals surface area contributed by atoms with Gasteiger partial charge in [-0.25, -0.2) is 14.6 Å². The summed E-state index contributed by atoms with van der Waals surface area (Å²) in [5.41, 5.74) is 6.79. The summed E-state index contributed by atoms with van der Waals surface area (Å²) in [4.78, 5) is 19.4. The van der Waals surface area contributed by atoms with Gasteiger partial charge in [-0.05, 0) is 18.6 Å². The summed E-state index contributed by atoms with van der Waals surface area (Å²) in [6.07, 6.45) is 2.90. The van der Waals surface area contributed by atoms with E-state index in [1.54, 1.807) is 6.07 Å². The molecule has 1 amide bonds. The summed E-state index contributed by atoms with van der Waals surface area (Å²) >= 11 is 5.73. The Morgan fingerprint density at radius 3 is 2.94 bits per heavy atom. The van der Waals surface area contributed by atoms with Gasteiger partial charge in [0.15, 0.2) is 0 Å². The number of pyridine rings is 1. The van der Waals surface area contributed by atoms with Crippen LogP contribution in [0.5, 0.6) is 0 Å². The summed E-state index contributed by atoms with van der Waals surface area (Å²) in [5, 5.41) is 6.90. The molecule has 0 saturated carbocycles. The molecule has 2 heterocycles. The minimum atomic E-state index is -0.243. The van der Waals surface area contributed by atoms with E-state index in [2.05, 4.69) is 20.4 Å². The number of aromatic nitrogens is 4. The van der Waals surface area contributed by atoms with Crippen molar-refractivity contribution in [2.24, 2.45) is 0 Å². The summed E-state index contributed by atoms with van der Waals surface area (Å²) in [6, 6.07) is 1.67. The lowest BCUT2D eigenvalue weighted by Crippen LogP contribution is -2.19. The smallest absolute Gasteiger partial charge is 0.246 e. The molecule has 94 valence electrons. The number of aryl methyl sites for hydroxylation is 1. The summed E-state index contributed by atoms with van der Waals surface area (Å²) in [5.74, 6) is -0.112. The number of nitrogens with one attached hydrogen (secondary N) is 1. The van der Waals surface area contributed by atoms with E-state index in [9.17, 15) is 4.79 Å². The second kappa shape index (κ2) is 5.01. The van der Waals surface area contributed by atoms with Crippen LogP contribution in [0.4, 0.5) is 11.6 Å². The van der Waals surface area contributed by atoms with Crippen molar-refractivity contribution < 1.29 is 4.79 Å². The molecule has 0 spiro atoms. The van der Waals surface area contributed by atoms with Gasteiger partial charge in [0.05, 0.1) is 11.9 Å². The van der Waals surface area contributed by atoms with E-state index in [0.717, 1.165) is 5.56 Å². The number of hydrogen-bond donors (Lipinski definition) is 2. The van der Waals surface area contributed by atoms with Crippen LogP contribution in [-0.4, -0.2) is 25.7 Å². The Kier molecular flexibility index (Phi) is 3.42. The molecule has 0 bridgehead atoms. The first-order valence-electron chi connectivity index (χ1n) is 5.11. The zero-order chi connectivity index (χ0) is 13.1. The largest absolute Gasteiger partial charge is 0.367 e. The molecule has 0 unspecified atom stereocenters. The molecule has 2 rings (SSSR count). The fourth-order valence-corrected chi connectivity index (χ4v) is 1.59. The van der Waals surface area contributed by atoms with Gasteiger partial charge in [0.25, 0.3) is 0 Å². The number of hydrogen-bond acceptors (Lipinski definition) is 5. The highest BCUT2D eigenvalue weighted by Gasteiger charge is 2.07. The van der Waals surface area contributed by atoms with Gasteiger partial charge < -0.3 is 11.1 Å². The maximum Gasteiger partial charge on any atom is 0.246 e. The third kappa shape index (κ3) is 2.95. The highest BCUT2D eigenvalue weighted by molar-refractivity contribution is 6.29. The van der Waals surface area contributed by atoms with Crippen LogP contribution in [0, 0.1) is 6.92 Å². The topological polar surface area (TPSA) is 98.7 Å². The molecule has 0 aliphatic heterocycles. The number of carbonyl (C=O) groups excluding carboxylic acids is 1. The second-order valence-electron chi connectivity index (χ2n) is 3.67. The van der Waals surface area contributed by atoms with Crippen LogP contribution in [0.15, 0.2) is 18.6 Å². The van der Waals surface area contributed by atoms with Crippen LogP contribution in [0.2, 0.25) is 5.15 Å². The van der Waals surface area contributed by atoms with Crippen molar-refractivity contribution in [3.05, 3.63) is 29.3 Å². The van der Waals surface area contributed by atoms with Crippen molar-refractivity contribution in [1.82, 2.24) is 19.7 Å². The van der Waals surface area contributed by atoms with Crippen LogP contribution in [0.1, 0.15) is 5.56 Å². The predicted octanol–water partition coefficient (Wildman–Crippen LogP) is 0.856. The third-order valence-corrected chi connectivity index (χ3v) is 2.42. The first-order valence-corrected chi connectivity index (χ1v) is 5.49. The highest BCUT2D eigenvalue weighted by atomic mass is 35.5. The van der Waals surface area contributed by atoms with E-state index >= 15 is 0 Å². The first kappa shape index (κ1) is 12.3. The lowest BCUT2D eigenvalue weighted by Gasteiger charge is -2.07. The lowest BCUT2D eigenvalue weighted by atomic mass is 10.2. The van der Waals surface area contributed by atoms with E-state index in [-0.39, 0.29) is 18.4 Å². The number of rotatable bonds is 3. The van der Waals surface area contributed by atoms with Crippen molar-refractivity contribution in [3.8, 4) is 0 Å². The van der Waals surface area contributed by atoms with Crippen LogP contribution >= 0.6 is 11.6 Å². The zero-order valence-corrected chi connectivity index (χ0v) is 10.3. The van der Waals surface area contributed by atoms with E-state index in [4.69, 9.17) is 17.3 Å². The van der Waals surface area contributed by atoms with Crippen molar-refractivity contribution in [3.63, 3.8) is 0 Å². The minimum absolute atomic E-state index is 0.0340. The standard InChI is InChI=1S/C10H11ClN6O/c1-6-2-8(11)13-3-7(6)15-9(18)4-17-5-14-10(12)16-17/h2-3,5H,4H2,1H3,(H2,12,16)(H,15,18). The van der Waals surface area contributed by atoms with Gasteiger partial charge in [-0.1, -0.05) is 11.6 Å². The van der Waals surface area contributed by atoms with Gasteiger partial charge in [0.1, 0.15) is 18.0 Å². The molecule has 0 aromatic carbocycles. The number of nitrogens with zero attached hydrogens (tertiary/aromatic N) is 4. The Morgan fingerprint density at radius 2 is 2.33 bits per heavy atom. The van der Waals surface area contributed by atoms with Gasteiger partial charge in [-0.2, -0.15) is 0 Å². The summed E-state index contributed by atoms with van der Waals surface area (Å²) in [7, 11) is 0. The highest BCUT2D eigenvalue weighted by Crippen LogP contribution is 2.16. The van der Waals surface area contributed by atoms with Crippen LogP contribution in [0.25, 0.3) is 0 Å². The Balaban J connectivity index is 2.03. The van der Waals surface area contributed by atoms with Crippen molar-refractivity contribution in [2.45, 2.75) is 13.5 Å². The Morgan fingerprint density at radius 1 is 1.56 bits per heavy atom. The molecular weight excluding hydrogens is 256 g/mol. The number of carbonyl (C=O) groups is 1. The maximum absolute atomic E-state index is 11.7. The van der Waals surface area contributed by atoms with Gasteiger partial charge in [0, 0.05) is 0 Å². The maximum atomic E-state index is 11.7. The van der Waals surface area contributed by atoms with Crippen molar-refractivity contribution >= 4 is 29.1 Å². The Bertz CT molecular complexity index is 581. The summed E-state index contributed by atoms with van der Waals surface area (Å²) in [6.45, 7) is 1.86. The molecular formula is C10H11ClN6O. The Labute approximate surface area is 108 Å². The first-order chi connectivity index (χ1) is 8.54. The normalized spacial score (nSPS) is 10.3. The number of anilines is 2. The summed E-state index contributed by atoms with van der Waals surface area (Å²) < 4.78 is 1.35. The van der Waals surface area contributed by atoms with Gasteiger partial charge in [-0.15, -0.1) is 5.10 Å². The molecule has 18 heavy (non-hydrogen) atoms. The lowest BCUT2D eigenvalue weighted by molar-refractivity contribution is -0.116. The number of halogens is 1. The monoisotopic (exact) mass is 266 g/mol. The molecule has 0 saturated heterocycles.